The molecule has 14 heavy (non-hydrogen) atoms. The van der Waals surface area contributed by atoms with E-state index in [0.717, 1.165) is 6.42 Å². The molecule has 0 radical (unpaired) electrons. The van der Waals surface area contributed by atoms with Crippen molar-refractivity contribution >= 4 is 0 Å². The molecule has 0 aromatic carbocycles. The molecular formula is C10H22NO3-. The third-order valence-corrected chi connectivity index (χ3v) is 3.52. The second-order valence-electron chi connectivity index (χ2n) is 3.86. The Balaban J connectivity index is 4.99. The Labute approximate surface area is 86.7 Å². The zero-order valence-corrected chi connectivity index (χ0v) is 10.1. The van der Waals surface area contributed by atoms with E-state index in [4.69, 9.17) is 9.57 Å². The number of rotatable bonds is 6. The van der Waals surface area contributed by atoms with E-state index in [1.807, 2.05) is 27.7 Å². The highest BCUT2D eigenvalue weighted by Crippen LogP contribution is 2.36. The van der Waals surface area contributed by atoms with Gasteiger partial charge in [-0.15, -0.1) is 0 Å². The molecule has 0 aromatic heterocycles. The van der Waals surface area contributed by atoms with Crippen LogP contribution >= 0.6 is 0 Å². The normalized spacial score (nSPS) is 20.6. The largest absolute Gasteiger partial charge is 0.762 e. The minimum Gasteiger partial charge on any atom is -0.762 e. The summed E-state index contributed by atoms with van der Waals surface area (Å²) in [5.41, 5.74) is -1.16. The van der Waals surface area contributed by atoms with Gasteiger partial charge in [0.2, 0.25) is 0 Å². The van der Waals surface area contributed by atoms with Gasteiger partial charge in [0.25, 0.3) is 0 Å². The Hall–Kier alpha value is -0.160. The second kappa shape index (κ2) is 5.07. The van der Waals surface area contributed by atoms with E-state index in [1.54, 1.807) is 7.11 Å². The molecule has 0 rings (SSSR count). The summed E-state index contributed by atoms with van der Waals surface area (Å²) in [6.07, 6.45) is 1.43. The molecule has 4 nitrogen and oxygen atoms in total. The maximum absolute atomic E-state index is 11.6. The predicted octanol–water partition coefficient (Wildman–Crippen LogP) is 2.33. The van der Waals surface area contributed by atoms with Gasteiger partial charge in [-0.05, 0) is 26.7 Å². The van der Waals surface area contributed by atoms with Crippen molar-refractivity contribution in [2.45, 2.75) is 51.7 Å². The van der Waals surface area contributed by atoms with E-state index < -0.39 is 11.1 Å². The molecule has 0 aliphatic heterocycles. The van der Waals surface area contributed by atoms with Gasteiger partial charge in [0.05, 0.1) is 18.2 Å². The first-order valence-electron chi connectivity index (χ1n) is 4.98. The predicted molar refractivity (Wildman–Crippen MR) is 56.6 cm³/mol. The van der Waals surface area contributed by atoms with Crippen LogP contribution in [0, 0.1) is 5.21 Å². The second-order valence-corrected chi connectivity index (χ2v) is 3.86. The average Bonchev–Trinajstić information content (AvgIpc) is 2.25. The first-order chi connectivity index (χ1) is 6.41. The zero-order chi connectivity index (χ0) is 11.4. The minimum absolute atomic E-state index is 0.500. The van der Waals surface area contributed by atoms with Crippen LogP contribution in [0.1, 0.15) is 40.5 Å². The third-order valence-electron chi connectivity index (χ3n) is 3.52. The molecule has 0 saturated carbocycles. The summed E-state index contributed by atoms with van der Waals surface area (Å²) in [5.74, 6) is 0. The van der Waals surface area contributed by atoms with Crippen LogP contribution in [0.25, 0.3) is 0 Å². The highest BCUT2D eigenvalue weighted by Gasteiger charge is 2.44. The number of hydrogen-bond acceptors (Lipinski definition) is 4. The van der Waals surface area contributed by atoms with Crippen LogP contribution in [0.15, 0.2) is 0 Å². The Morgan fingerprint density at radius 2 is 1.64 bits per heavy atom. The number of hydrogen-bond donors (Lipinski definition) is 0. The third kappa shape index (κ3) is 2.08. The number of nitrogens with zero attached hydrogens (tertiary/aromatic N) is 1. The molecule has 2 atom stereocenters. The summed E-state index contributed by atoms with van der Waals surface area (Å²) < 4.78 is 5.44. The zero-order valence-electron chi connectivity index (χ0n) is 10.1. The van der Waals surface area contributed by atoms with Gasteiger partial charge in [-0.25, -0.2) is 0 Å². The summed E-state index contributed by atoms with van der Waals surface area (Å²) in [4.78, 5) is 4.75. The van der Waals surface area contributed by atoms with E-state index in [0.29, 0.717) is 11.6 Å². The van der Waals surface area contributed by atoms with E-state index in [1.165, 1.54) is 7.11 Å². The standard InChI is InChI=1S/C10H22NO3/c1-7-9(3,11(12)14-6)10(4,8-2)13-5/h7-8H2,1-6H3/q-1. The van der Waals surface area contributed by atoms with Crippen molar-refractivity contribution in [1.29, 1.82) is 0 Å². The van der Waals surface area contributed by atoms with Crippen molar-refractivity contribution in [1.82, 2.24) is 5.23 Å². The minimum atomic E-state index is -0.661. The molecule has 0 aliphatic rings. The van der Waals surface area contributed by atoms with Crippen molar-refractivity contribution in [2.24, 2.45) is 0 Å². The first-order valence-corrected chi connectivity index (χ1v) is 4.98. The molecule has 0 bridgehead atoms. The summed E-state index contributed by atoms with van der Waals surface area (Å²) in [6.45, 7) is 7.74. The number of hydroxylamine groups is 2. The molecule has 0 heterocycles. The van der Waals surface area contributed by atoms with Crippen molar-refractivity contribution in [3.05, 3.63) is 5.21 Å². The molecule has 0 aliphatic carbocycles. The van der Waals surface area contributed by atoms with Crippen LogP contribution in [0.4, 0.5) is 0 Å². The fourth-order valence-electron chi connectivity index (χ4n) is 1.64. The van der Waals surface area contributed by atoms with Gasteiger partial charge in [-0.3, -0.25) is 5.23 Å². The molecule has 0 fully saturated rings. The maximum atomic E-state index is 11.6. The van der Waals surface area contributed by atoms with Crippen LogP contribution in [-0.4, -0.2) is 30.6 Å². The van der Waals surface area contributed by atoms with E-state index in [9.17, 15) is 5.21 Å². The van der Waals surface area contributed by atoms with Gasteiger partial charge < -0.3 is 14.8 Å². The van der Waals surface area contributed by atoms with Gasteiger partial charge in [-0.2, -0.15) is 0 Å². The Bertz CT molecular complexity index is 171. The lowest BCUT2D eigenvalue weighted by molar-refractivity contribution is -0.228. The fourth-order valence-corrected chi connectivity index (χ4v) is 1.64. The lowest BCUT2D eigenvalue weighted by Crippen LogP contribution is -2.59. The SMILES string of the molecule is CCC(C)(OC)C(C)(CC)N([O-])OC. The van der Waals surface area contributed by atoms with Gasteiger partial charge >= 0.3 is 0 Å². The summed E-state index contributed by atoms with van der Waals surface area (Å²) >= 11 is 0. The fraction of sp³-hybridized carbons (Fsp3) is 1.00. The van der Waals surface area contributed by atoms with Crippen LogP contribution in [0.3, 0.4) is 0 Å². The lowest BCUT2D eigenvalue weighted by Gasteiger charge is -2.53. The van der Waals surface area contributed by atoms with Crippen molar-refractivity contribution < 1.29 is 9.57 Å². The van der Waals surface area contributed by atoms with Gasteiger partial charge in [0.1, 0.15) is 0 Å². The van der Waals surface area contributed by atoms with Crippen LogP contribution in [0.5, 0.6) is 0 Å². The highest BCUT2D eigenvalue weighted by atomic mass is 16.9. The molecule has 2 unspecified atom stereocenters. The molecule has 4 heteroatoms. The van der Waals surface area contributed by atoms with E-state index >= 15 is 0 Å². The van der Waals surface area contributed by atoms with Gasteiger partial charge in [0.15, 0.2) is 0 Å². The van der Waals surface area contributed by atoms with Crippen LogP contribution < -0.4 is 0 Å². The Morgan fingerprint density at radius 1 is 1.14 bits per heavy atom. The summed E-state index contributed by atoms with van der Waals surface area (Å²) in [7, 11) is 3.01. The van der Waals surface area contributed by atoms with Crippen LogP contribution in [-0.2, 0) is 9.57 Å². The maximum Gasteiger partial charge on any atom is 0.0840 e. The molecule has 0 N–H and O–H groups in total. The lowest BCUT2D eigenvalue weighted by atomic mass is 9.78. The van der Waals surface area contributed by atoms with Crippen molar-refractivity contribution in [3.8, 4) is 0 Å². The monoisotopic (exact) mass is 204 g/mol. The average molecular weight is 204 g/mol. The quantitative estimate of drug-likeness (QED) is 0.623. The van der Waals surface area contributed by atoms with Crippen LogP contribution in [0.2, 0.25) is 0 Å². The smallest absolute Gasteiger partial charge is 0.0840 e. The summed E-state index contributed by atoms with van der Waals surface area (Å²) in [6, 6.07) is 0. The Morgan fingerprint density at radius 3 is 1.86 bits per heavy atom. The molecule has 0 amide bonds. The van der Waals surface area contributed by atoms with Crippen molar-refractivity contribution in [2.75, 3.05) is 14.2 Å². The number of ether oxygens (including phenoxy) is 1. The molecule has 0 spiro atoms. The number of methoxy groups -OCH3 is 1. The van der Waals surface area contributed by atoms with E-state index in [2.05, 4.69) is 0 Å². The van der Waals surface area contributed by atoms with Gasteiger partial charge in [0, 0.05) is 7.11 Å². The highest BCUT2D eigenvalue weighted by molar-refractivity contribution is 4.99. The van der Waals surface area contributed by atoms with Crippen molar-refractivity contribution in [3.63, 3.8) is 0 Å². The molecular weight excluding hydrogens is 182 g/mol. The van der Waals surface area contributed by atoms with Gasteiger partial charge in [-0.1, -0.05) is 13.8 Å². The first kappa shape index (κ1) is 13.8. The summed E-state index contributed by atoms with van der Waals surface area (Å²) in [5, 5.41) is 12.3. The molecule has 0 aromatic rings. The Kier molecular flexibility index (Phi) is 5.01. The van der Waals surface area contributed by atoms with E-state index in [-0.39, 0.29) is 0 Å². The topological polar surface area (TPSA) is 44.8 Å². The molecule has 0 saturated heterocycles. The molecule has 86 valence electrons.